The van der Waals surface area contributed by atoms with E-state index in [0.717, 1.165) is 38.8 Å². The zero-order chi connectivity index (χ0) is 20.7. The molecule has 8 heteroatoms. The predicted molar refractivity (Wildman–Crippen MR) is 122 cm³/mol. The molecule has 0 bridgehead atoms. The Balaban J connectivity index is 0.00000231. The van der Waals surface area contributed by atoms with Crippen LogP contribution in [0.15, 0.2) is 29.2 Å². The minimum atomic E-state index is -0.460. The fourth-order valence-electron chi connectivity index (χ4n) is 4.88. The number of ether oxygens (including phenoxy) is 1. The second-order valence-corrected chi connectivity index (χ2v) is 9.70. The molecule has 1 aromatic carbocycles. The number of Topliss-reactive ketones (excluding diaryl/α,β-unsaturated/α-hetero) is 2. The van der Waals surface area contributed by atoms with Crippen molar-refractivity contribution in [2.75, 3.05) is 31.9 Å². The van der Waals surface area contributed by atoms with E-state index in [2.05, 4.69) is 5.32 Å². The number of fused-ring (bicyclic) bond motifs is 2. The number of thioether (sulfide) groups is 1. The standard InChI is InChI=1S/C23H26N2O4S.ClH/c26-18(13-15-5-9-24-10-6-15)25-11-7-23(8-12-25)14-30-22-20(28)19(27)16-3-1-2-4-17(16)21(22)29-23;/h1-4,15,24H,5-14H2;1H. The van der Waals surface area contributed by atoms with E-state index in [-0.39, 0.29) is 23.9 Å². The molecule has 0 saturated carbocycles. The maximum atomic E-state index is 12.8. The van der Waals surface area contributed by atoms with Crippen LogP contribution in [0, 0.1) is 5.92 Å². The SMILES string of the molecule is Cl.O=C1C(=O)c2ccccc2C2=C1SCC1(CCN(C(=O)CC3CCNCC3)CC1)O2. The van der Waals surface area contributed by atoms with Crippen molar-refractivity contribution in [1.29, 1.82) is 0 Å². The second-order valence-electron chi connectivity index (χ2n) is 8.71. The van der Waals surface area contributed by atoms with Crippen LogP contribution in [0.25, 0.3) is 5.76 Å². The van der Waals surface area contributed by atoms with Gasteiger partial charge in [-0.25, -0.2) is 0 Å². The topological polar surface area (TPSA) is 75.7 Å². The molecule has 2 fully saturated rings. The lowest BCUT2D eigenvalue weighted by molar-refractivity contribution is -0.136. The smallest absolute Gasteiger partial charge is 0.243 e. The molecular formula is C23H27ClN2O4S. The summed E-state index contributed by atoms with van der Waals surface area (Å²) in [6, 6.07) is 7.18. The van der Waals surface area contributed by atoms with Gasteiger partial charge < -0.3 is 15.0 Å². The first kappa shape index (κ1) is 22.4. The molecule has 4 aliphatic rings. The predicted octanol–water partition coefficient (Wildman–Crippen LogP) is 3.06. The number of likely N-dealkylation sites (tertiary alicyclic amines) is 1. The van der Waals surface area contributed by atoms with E-state index in [9.17, 15) is 14.4 Å². The van der Waals surface area contributed by atoms with Gasteiger partial charge in [0.05, 0.1) is 0 Å². The average Bonchev–Trinajstić information content (AvgIpc) is 2.78. The Morgan fingerprint density at radius 2 is 1.77 bits per heavy atom. The number of benzene rings is 1. The molecule has 3 aliphatic heterocycles. The van der Waals surface area contributed by atoms with Crippen molar-refractivity contribution in [3.05, 3.63) is 40.3 Å². The molecular weight excluding hydrogens is 436 g/mol. The van der Waals surface area contributed by atoms with Gasteiger partial charge in [0.2, 0.25) is 17.5 Å². The number of carbonyl (C=O) groups excluding carboxylic acids is 3. The second kappa shape index (κ2) is 8.96. The lowest BCUT2D eigenvalue weighted by Gasteiger charge is -2.45. The summed E-state index contributed by atoms with van der Waals surface area (Å²) >= 11 is 1.44. The molecule has 0 aromatic heterocycles. The molecule has 31 heavy (non-hydrogen) atoms. The Labute approximate surface area is 192 Å². The summed E-state index contributed by atoms with van der Waals surface area (Å²) in [5.41, 5.74) is 0.754. The van der Waals surface area contributed by atoms with Crippen LogP contribution in [0.3, 0.4) is 0 Å². The van der Waals surface area contributed by atoms with Crippen LogP contribution in [-0.2, 0) is 14.3 Å². The Bertz CT molecular complexity index is 933. The number of hydrogen-bond acceptors (Lipinski definition) is 6. The number of carbonyl (C=O) groups is 3. The third-order valence-corrected chi connectivity index (χ3v) is 8.11. The van der Waals surface area contributed by atoms with E-state index in [4.69, 9.17) is 4.74 Å². The highest BCUT2D eigenvalue weighted by molar-refractivity contribution is 8.04. The minimum Gasteiger partial charge on any atom is -0.484 e. The normalized spacial score (nSPS) is 23.0. The minimum absolute atomic E-state index is 0. The van der Waals surface area contributed by atoms with Crippen LogP contribution in [-0.4, -0.2) is 59.9 Å². The maximum Gasteiger partial charge on any atom is 0.243 e. The number of piperidine rings is 2. The molecule has 1 spiro atoms. The summed E-state index contributed by atoms with van der Waals surface area (Å²) in [6.45, 7) is 3.38. The van der Waals surface area contributed by atoms with Crippen LogP contribution in [0.2, 0.25) is 0 Å². The number of nitrogens with zero attached hydrogens (tertiary/aromatic N) is 1. The van der Waals surface area contributed by atoms with E-state index in [1.807, 2.05) is 17.0 Å². The first-order valence-electron chi connectivity index (χ1n) is 10.8. The highest BCUT2D eigenvalue weighted by Crippen LogP contribution is 2.47. The third kappa shape index (κ3) is 4.15. The van der Waals surface area contributed by atoms with Gasteiger partial charge >= 0.3 is 0 Å². The van der Waals surface area contributed by atoms with Crippen LogP contribution >= 0.6 is 24.2 Å². The van der Waals surface area contributed by atoms with Crippen molar-refractivity contribution in [3.8, 4) is 0 Å². The number of nitrogens with one attached hydrogen (secondary N) is 1. The van der Waals surface area contributed by atoms with Crippen molar-refractivity contribution in [2.45, 2.75) is 37.7 Å². The molecule has 1 aliphatic carbocycles. The number of rotatable bonds is 2. The summed E-state index contributed by atoms with van der Waals surface area (Å²) in [7, 11) is 0. The van der Waals surface area contributed by atoms with Gasteiger partial charge in [-0.1, -0.05) is 24.3 Å². The van der Waals surface area contributed by atoms with E-state index in [1.165, 1.54) is 11.8 Å². The first-order chi connectivity index (χ1) is 14.6. The highest BCUT2D eigenvalue weighted by Gasteiger charge is 2.46. The summed E-state index contributed by atoms with van der Waals surface area (Å²) in [6.07, 6.45) is 4.29. The quantitative estimate of drug-likeness (QED) is 0.681. The zero-order valence-corrected chi connectivity index (χ0v) is 19.0. The van der Waals surface area contributed by atoms with Crippen LogP contribution < -0.4 is 5.32 Å². The largest absolute Gasteiger partial charge is 0.484 e. The number of allylic oxidation sites excluding steroid dienone is 1. The molecule has 0 atom stereocenters. The van der Waals surface area contributed by atoms with Gasteiger partial charge in [0.25, 0.3) is 0 Å². The number of ketones is 2. The van der Waals surface area contributed by atoms with Crippen molar-refractivity contribution in [1.82, 2.24) is 10.2 Å². The summed E-state index contributed by atoms with van der Waals surface area (Å²) in [5, 5.41) is 3.35. The van der Waals surface area contributed by atoms with E-state index in [1.54, 1.807) is 12.1 Å². The van der Waals surface area contributed by atoms with Crippen molar-refractivity contribution in [2.24, 2.45) is 5.92 Å². The van der Waals surface area contributed by atoms with Crippen molar-refractivity contribution < 1.29 is 19.1 Å². The van der Waals surface area contributed by atoms with Gasteiger partial charge in [0.15, 0.2) is 0 Å². The van der Waals surface area contributed by atoms with Gasteiger partial charge in [-0.15, -0.1) is 24.2 Å². The molecule has 3 heterocycles. The fourth-order valence-corrected chi connectivity index (χ4v) is 6.15. The van der Waals surface area contributed by atoms with E-state index < -0.39 is 11.6 Å². The Hall–Kier alpha value is -1.83. The molecule has 0 unspecified atom stereocenters. The summed E-state index contributed by atoms with van der Waals surface area (Å²) in [5.74, 6) is 1.03. The molecule has 5 rings (SSSR count). The number of hydrogen-bond donors (Lipinski definition) is 1. The van der Waals surface area contributed by atoms with Crippen LogP contribution in [0.4, 0.5) is 0 Å². The van der Waals surface area contributed by atoms with Gasteiger partial charge in [-0.05, 0) is 31.8 Å². The molecule has 0 radical (unpaired) electrons. The highest BCUT2D eigenvalue weighted by atomic mass is 35.5. The molecule has 1 amide bonds. The summed E-state index contributed by atoms with van der Waals surface area (Å²) in [4.78, 5) is 40.2. The van der Waals surface area contributed by atoms with Gasteiger partial charge in [0, 0.05) is 49.2 Å². The lowest BCUT2D eigenvalue weighted by atomic mass is 9.89. The lowest BCUT2D eigenvalue weighted by Crippen LogP contribution is -2.51. The van der Waals surface area contributed by atoms with Crippen LogP contribution in [0.5, 0.6) is 0 Å². The fraction of sp³-hybridized carbons (Fsp3) is 0.522. The number of amides is 1. The molecule has 2 saturated heterocycles. The molecule has 1 N–H and O–H groups in total. The van der Waals surface area contributed by atoms with Crippen molar-refractivity contribution in [3.63, 3.8) is 0 Å². The number of halogens is 1. The van der Waals surface area contributed by atoms with Crippen molar-refractivity contribution >= 4 is 47.4 Å². The van der Waals surface area contributed by atoms with E-state index >= 15 is 0 Å². The first-order valence-corrected chi connectivity index (χ1v) is 11.8. The Morgan fingerprint density at radius 3 is 2.48 bits per heavy atom. The third-order valence-electron chi connectivity index (χ3n) is 6.78. The van der Waals surface area contributed by atoms with Crippen LogP contribution in [0.1, 0.15) is 48.0 Å². The Morgan fingerprint density at radius 1 is 1.10 bits per heavy atom. The van der Waals surface area contributed by atoms with E-state index in [0.29, 0.717) is 53.0 Å². The maximum absolute atomic E-state index is 12.8. The Kier molecular flexibility index (Phi) is 6.47. The average molecular weight is 463 g/mol. The van der Waals surface area contributed by atoms with Gasteiger partial charge in [-0.3, -0.25) is 14.4 Å². The van der Waals surface area contributed by atoms with Gasteiger partial charge in [-0.2, -0.15) is 0 Å². The molecule has 166 valence electrons. The monoisotopic (exact) mass is 462 g/mol. The molecule has 6 nitrogen and oxygen atoms in total. The van der Waals surface area contributed by atoms with Gasteiger partial charge in [0.1, 0.15) is 16.3 Å². The summed E-state index contributed by atoms with van der Waals surface area (Å²) < 4.78 is 6.48. The zero-order valence-electron chi connectivity index (χ0n) is 17.4. The molecule has 1 aromatic rings.